The highest BCUT2D eigenvalue weighted by atomic mass is 16.5. The molecule has 0 saturated carbocycles. The van der Waals surface area contributed by atoms with Gasteiger partial charge in [0.15, 0.2) is 0 Å². The molecule has 3 aromatic rings. The molecule has 1 atom stereocenters. The van der Waals surface area contributed by atoms with Crippen molar-refractivity contribution in [1.29, 1.82) is 0 Å². The summed E-state index contributed by atoms with van der Waals surface area (Å²) in [7, 11) is 1.58. The minimum Gasteiger partial charge on any atom is -0.481 e. The van der Waals surface area contributed by atoms with Crippen LogP contribution in [0.4, 0.5) is 5.95 Å². The summed E-state index contributed by atoms with van der Waals surface area (Å²) < 4.78 is 6.73. The van der Waals surface area contributed by atoms with E-state index in [1.54, 1.807) is 43.9 Å². The number of aromatic nitrogens is 5. The van der Waals surface area contributed by atoms with Gasteiger partial charge >= 0.3 is 0 Å². The van der Waals surface area contributed by atoms with Gasteiger partial charge < -0.3 is 9.64 Å². The Kier molecular flexibility index (Phi) is 4.78. The molecule has 8 heteroatoms. The smallest absolute Gasteiger partial charge is 0.266 e. The normalized spacial score (nSPS) is 16.5. The zero-order valence-electron chi connectivity index (χ0n) is 15.0. The molecule has 1 fully saturated rings. The lowest BCUT2D eigenvalue weighted by Gasteiger charge is -2.25. The first kappa shape index (κ1) is 17.1. The average molecular weight is 364 g/mol. The molecule has 0 N–H and O–H groups in total. The second-order valence-electron chi connectivity index (χ2n) is 6.36. The van der Waals surface area contributed by atoms with Crippen LogP contribution >= 0.6 is 0 Å². The van der Waals surface area contributed by atoms with Crippen LogP contribution in [0.5, 0.6) is 5.88 Å². The molecule has 1 saturated heterocycles. The van der Waals surface area contributed by atoms with E-state index < -0.39 is 0 Å². The van der Waals surface area contributed by atoms with Crippen molar-refractivity contribution in [3.05, 3.63) is 59.3 Å². The summed E-state index contributed by atoms with van der Waals surface area (Å²) in [6.45, 7) is 1.33. The van der Waals surface area contributed by atoms with Crippen LogP contribution in [0.3, 0.4) is 0 Å². The van der Waals surface area contributed by atoms with Crippen LogP contribution < -0.4 is 15.2 Å². The van der Waals surface area contributed by atoms with Crippen molar-refractivity contribution in [3.8, 4) is 17.1 Å². The maximum Gasteiger partial charge on any atom is 0.266 e. The Morgan fingerprint density at radius 1 is 1.15 bits per heavy atom. The number of hydrogen-bond acceptors (Lipinski definition) is 7. The molecule has 4 heterocycles. The second-order valence-corrected chi connectivity index (χ2v) is 6.36. The van der Waals surface area contributed by atoms with E-state index >= 15 is 0 Å². The highest BCUT2D eigenvalue weighted by molar-refractivity contribution is 5.57. The van der Waals surface area contributed by atoms with Crippen LogP contribution in [0.1, 0.15) is 12.8 Å². The Bertz CT molecular complexity index is 975. The number of hydrogen-bond donors (Lipinski definition) is 0. The Morgan fingerprint density at radius 3 is 2.81 bits per heavy atom. The van der Waals surface area contributed by atoms with Crippen molar-refractivity contribution in [3.63, 3.8) is 0 Å². The molecule has 0 amide bonds. The average Bonchev–Trinajstić information content (AvgIpc) is 3.18. The van der Waals surface area contributed by atoms with E-state index in [2.05, 4.69) is 25.0 Å². The predicted molar refractivity (Wildman–Crippen MR) is 101 cm³/mol. The maximum atomic E-state index is 12.4. The number of rotatable bonds is 5. The second kappa shape index (κ2) is 7.53. The van der Waals surface area contributed by atoms with Crippen LogP contribution in [0.15, 0.2) is 53.7 Å². The quantitative estimate of drug-likeness (QED) is 0.682. The lowest BCUT2D eigenvalue weighted by Crippen LogP contribution is -2.38. The van der Waals surface area contributed by atoms with Crippen LogP contribution in [-0.2, 0) is 6.54 Å². The molecule has 0 aromatic carbocycles. The molecule has 138 valence electrons. The van der Waals surface area contributed by atoms with Crippen LogP contribution in [-0.4, -0.2) is 44.4 Å². The molecule has 0 radical (unpaired) electrons. The first-order valence-corrected chi connectivity index (χ1v) is 8.87. The first-order valence-electron chi connectivity index (χ1n) is 8.87. The van der Waals surface area contributed by atoms with Gasteiger partial charge in [-0.2, -0.15) is 10.1 Å². The summed E-state index contributed by atoms with van der Waals surface area (Å²) in [6.07, 6.45) is 7.08. The summed E-state index contributed by atoms with van der Waals surface area (Å²) >= 11 is 0. The minimum atomic E-state index is -0.119. The fourth-order valence-corrected chi connectivity index (χ4v) is 3.33. The van der Waals surface area contributed by atoms with Crippen LogP contribution in [0.2, 0.25) is 0 Å². The maximum absolute atomic E-state index is 12.4. The molecule has 0 bridgehead atoms. The molecular weight excluding hydrogens is 344 g/mol. The Balaban J connectivity index is 1.60. The van der Waals surface area contributed by atoms with Crippen molar-refractivity contribution in [1.82, 2.24) is 24.7 Å². The van der Waals surface area contributed by atoms with Gasteiger partial charge in [-0.05, 0) is 31.0 Å². The van der Waals surface area contributed by atoms with Gasteiger partial charge in [-0.25, -0.2) is 9.67 Å². The first-order chi connectivity index (χ1) is 13.2. The van der Waals surface area contributed by atoms with Crippen molar-refractivity contribution in [2.24, 2.45) is 0 Å². The van der Waals surface area contributed by atoms with Gasteiger partial charge in [0.25, 0.3) is 5.56 Å². The fourth-order valence-electron chi connectivity index (χ4n) is 3.33. The van der Waals surface area contributed by atoms with Gasteiger partial charge in [0.05, 0.1) is 25.4 Å². The molecule has 27 heavy (non-hydrogen) atoms. The third-order valence-corrected chi connectivity index (χ3v) is 4.69. The van der Waals surface area contributed by atoms with Gasteiger partial charge in [-0.3, -0.25) is 9.78 Å². The summed E-state index contributed by atoms with van der Waals surface area (Å²) in [5.41, 5.74) is 1.56. The molecule has 8 nitrogen and oxygen atoms in total. The standard InChI is InChI=1S/C19H20N6O2/c1-27-17-8-11-21-19(22-17)24-12-2-3-15(24)13-25-18(26)5-4-16(23-25)14-6-9-20-10-7-14/h4-11,15H,2-3,12-13H2,1H3. The molecule has 3 aromatic heterocycles. The number of nitrogens with zero attached hydrogens (tertiary/aromatic N) is 6. The number of anilines is 1. The summed E-state index contributed by atoms with van der Waals surface area (Å²) in [6, 6.07) is 8.89. The molecule has 4 rings (SSSR count). The molecule has 0 spiro atoms. The topological polar surface area (TPSA) is 86.0 Å². The van der Waals surface area contributed by atoms with E-state index in [9.17, 15) is 4.79 Å². The van der Waals surface area contributed by atoms with Crippen molar-refractivity contribution >= 4 is 5.95 Å². The number of ether oxygens (including phenoxy) is 1. The summed E-state index contributed by atoms with van der Waals surface area (Å²) in [5, 5.41) is 4.55. The zero-order chi connectivity index (χ0) is 18.6. The van der Waals surface area contributed by atoms with Gasteiger partial charge in [0, 0.05) is 42.8 Å². The van der Waals surface area contributed by atoms with E-state index in [0.29, 0.717) is 18.4 Å². The number of pyridine rings is 1. The molecular formula is C19H20N6O2. The number of methoxy groups -OCH3 is 1. The van der Waals surface area contributed by atoms with Gasteiger partial charge in [-0.1, -0.05) is 0 Å². The Hall–Kier alpha value is -3.29. The van der Waals surface area contributed by atoms with E-state index in [0.717, 1.165) is 30.6 Å². The van der Waals surface area contributed by atoms with E-state index in [1.807, 2.05) is 12.1 Å². The van der Waals surface area contributed by atoms with E-state index in [1.165, 1.54) is 4.68 Å². The predicted octanol–water partition coefficient (Wildman–Crippen LogP) is 1.77. The van der Waals surface area contributed by atoms with Gasteiger partial charge in [-0.15, -0.1) is 0 Å². The third kappa shape index (κ3) is 3.64. The lowest BCUT2D eigenvalue weighted by atomic mass is 10.2. The zero-order valence-corrected chi connectivity index (χ0v) is 15.0. The molecule has 0 aliphatic carbocycles. The van der Waals surface area contributed by atoms with Crippen LogP contribution in [0, 0.1) is 0 Å². The van der Waals surface area contributed by atoms with Gasteiger partial charge in [0.1, 0.15) is 0 Å². The largest absolute Gasteiger partial charge is 0.481 e. The van der Waals surface area contributed by atoms with Crippen LogP contribution in [0.25, 0.3) is 11.3 Å². The summed E-state index contributed by atoms with van der Waals surface area (Å²) in [5.74, 6) is 1.15. The highest BCUT2D eigenvalue weighted by Crippen LogP contribution is 2.24. The molecule has 1 aliphatic rings. The summed E-state index contributed by atoms with van der Waals surface area (Å²) in [4.78, 5) is 27.3. The van der Waals surface area contributed by atoms with Gasteiger partial charge in [0.2, 0.25) is 11.8 Å². The fraction of sp³-hybridized carbons (Fsp3) is 0.316. The van der Waals surface area contributed by atoms with Crippen molar-refractivity contribution in [2.75, 3.05) is 18.6 Å². The van der Waals surface area contributed by atoms with E-state index in [-0.39, 0.29) is 11.6 Å². The Labute approximate surface area is 156 Å². The highest BCUT2D eigenvalue weighted by Gasteiger charge is 2.28. The SMILES string of the molecule is COc1ccnc(N2CCCC2Cn2nc(-c3ccncc3)ccc2=O)n1. The van der Waals surface area contributed by atoms with E-state index in [4.69, 9.17) is 4.74 Å². The van der Waals surface area contributed by atoms with Crippen molar-refractivity contribution in [2.45, 2.75) is 25.4 Å². The minimum absolute atomic E-state index is 0.106. The lowest BCUT2D eigenvalue weighted by molar-refractivity contribution is 0.396. The Morgan fingerprint density at radius 2 is 2.00 bits per heavy atom. The molecule has 1 unspecified atom stereocenters. The monoisotopic (exact) mass is 364 g/mol. The van der Waals surface area contributed by atoms with Crippen molar-refractivity contribution < 1.29 is 4.74 Å². The molecule has 1 aliphatic heterocycles. The third-order valence-electron chi connectivity index (χ3n) is 4.69.